The zero-order valence-corrected chi connectivity index (χ0v) is 20.4. The first kappa shape index (κ1) is 21.9. The fourth-order valence-corrected chi connectivity index (χ4v) is 6.91. The molecule has 0 saturated carbocycles. The molecule has 4 atom stereocenters. The third-order valence-corrected chi connectivity index (χ3v) is 12.5. The Kier molecular flexibility index (Phi) is 7.63. The van der Waals surface area contributed by atoms with E-state index >= 15 is 0 Å². The number of alkyl halides is 1. The Hall–Kier alpha value is 0.834. The second-order valence-electron chi connectivity index (χ2n) is 9.99. The SMILES string of the molecule is CCC[C@H](Br)[C@H]1CC(C[Si](C)(C)C)C(O[Si](C)(C)C(C)(C)C)O1. The molecule has 138 valence electrons. The zero-order chi connectivity index (χ0) is 18.1. The molecule has 2 nitrogen and oxygen atoms in total. The van der Waals surface area contributed by atoms with Crippen molar-refractivity contribution in [1.29, 1.82) is 0 Å². The number of hydrogen-bond acceptors (Lipinski definition) is 2. The van der Waals surface area contributed by atoms with Gasteiger partial charge in [0.25, 0.3) is 0 Å². The normalized spacial score (nSPS) is 28.2. The second-order valence-corrected chi connectivity index (χ2v) is 21.4. The Labute approximate surface area is 155 Å². The molecular formula is C18H39BrO2Si2. The maximum absolute atomic E-state index is 6.70. The molecule has 1 fully saturated rings. The molecule has 0 amide bonds. The first-order chi connectivity index (χ1) is 10.3. The van der Waals surface area contributed by atoms with Crippen LogP contribution in [0, 0.1) is 5.92 Å². The first-order valence-corrected chi connectivity index (χ1v) is 16.8. The standard InChI is InChI=1S/C18H39BrO2Si2/c1-10-11-15(19)16-12-14(13-22(5,6)7)17(20-16)21-23(8,9)18(2,3)4/h14-17H,10-13H2,1-9H3/t14?,15-,16+,17?/m0/s1. The van der Waals surface area contributed by atoms with E-state index in [4.69, 9.17) is 9.16 Å². The second kappa shape index (κ2) is 8.02. The summed E-state index contributed by atoms with van der Waals surface area (Å²) in [6.45, 7) is 21.2. The highest BCUT2D eigenvalue weighted by atomic mass is 79.9. The van der Waals surface area contributed by atoms with Crippen molar-refractivity contribution in [2.75, 3.05) is 0 Å². The molecule has 0 radical (unpaired) electrons. The lowest BCUT2D eigenvalue weighted by Gasteiger charge is -2.40. The van der Waals surface area contributed by atoms with Crippen LogP contribution in [-0.4, -0.2) is 33.6 Å². The highest BCUT2D eigenvalue weighted by Gasteiger charge is 2.46. The summed E-state index contributed by atoms with van der Waals surface area (Å²) >= 11 is 3.86. The van der Waals surface area contributed by atoms with E-state index in [0.717, 1.165) is 6.42 Å². The summed E-state index contributed by atoms with van der Waals surface area (Å²) in [6.07, 6.45) is 3.84. The van der Waals surface area contributed by atoms with E-state index in [-0.39, 0.29) is 11.3 Å². The highest BCUT2D eigenvalue weighted by Crippen LogP contribution is 2.43. The lowest BCUT2D eigenvalue weighted by molar-refractivity contribution is -0.0949. The summed E-state index contributed by atoms with van der Waals surface area (Å²) in [7, 11) is -2.92. The third-order valence-electron chi connectivity index (χ3n) is 5.29. The predicted octanol–water partition coefficient (Wildman–Crippen LogP) is 6.64. The minimum atomic E-state index is -1.79. The van der Waals surface area contributed by atoms with Crippen LogP contribution in [0.3, 0.4) is 0 Å². The fourth-order valence-electron chi connectivity index (χ4n) is 3.00. The predicted molar refractivity (Wildman–Crippen MR) is 111 cm³/mol. The van der Waals surface area contributed by atoms with E-state index in [9.17, 15) is 0 Å². The zero-order valence-electron chi connectivity index (χ0n) is 16.8. The summed E-state index contributed by atoms with van der Waals surface area (Å²) in [6, 6.07) is 1.30. The molecule has 0 aromatic rings. The minimum absolute atomic E-state index is 0.00419. The molecule has 0 spiro atoms. The van der Waals surface area contributed by atoms with Crippen LogP contribution < -0.4 is 0 Å². The molecule has 0 aliphatic carbocycles. The van der Waals surface area contributed by atoms with Gasteiger partial charge in [-0.15, -0.1) is 0 Å². The smallest absolute Gasteiger partial charge is 0.195 e. The van der Waals surface area contributed by atoms with Gasteiger partial charge in [0.2, 0.25) is 0 Å². The van der Waals surface area contributed by atoms with Gasteiger partial charge in [0.05, 0.1) is 6.10 Å². The van der Waals surface area contributed by atoms with Crippen molar-refractivity contribution >= 4 is 32.3 Å². The summed E-state index contributed by atoms with van der Waals surface area (Å²) in [5.41, 5.74) is 0. The molecular weight excluding hydrogens is 384 g/mol. The molecule has 0 aromatic carbocycles. The van der Waals surface area contributed by atoms with Crippen molar-refractivity contribution in [3.8, 4) is 0 Å². The summed E-state index contributed by atoms with van der Waals surface area (Å²) < 4.78 is 13.2. The van der Waals surface area contributed by atoms with Gasteiger partial charge in [0.1, 0.15) is 0 Å². The molecule has 2 unspecified atom stereocenters. The van der Waals surface area contributed by atoms with Gasteiger partial charge in [-0.3, -0.25) is 0 Å². The highest BCUT2D eigenvalue weighted by molar-refractivity contribution is 9.09. The Balaban J connectivity index is 2.87. The van der Waals surface area contributed by atoms with Crippen molar-refractivity contribution < 1.29 is 9.16 Å². The molecule has 5 heteroatoms. The quantitative estimate of drug-likeness (QED) is 0.337. The molecule has 0 N–H and O–H groups in total. The summed E-state index contributed by atoms with van der Waals surface area (Å²) in [5, 5.41) is 0.232. The minimum Gasteiger partial charge on any atom is -0.392 e. The Morgan fingerprint density at radius 2 is 1.74 bits per heavy atom. The van der Waals surface area contributed by atoms with Gasteiger partial charge in [-0.05, 0) is 37.0 Å². The molecule has 1 aliphatic rings. The van der Waals surface area contributed by atoms with Crippen LogP contribution in [0.2, 0.25) is 43.8 Å². The van der Waals surface area contributed by atoms with Crippen molar-refractivity contribution in [3.63, 3.8) is 0 Å². The van der Waals surface area contributed by atoms with Crippen LogP contribution in [0.25, 0.3) is 0 Å². The average molecular weight is 424 g/mol. The van der Waals surface area contributed by atoms with Crippen molar-refractivity contribution in [1.82, 2.24) is 0 Å². The summed E-state index contributed by atoms with van der Waals surface area (Å²) in [5.74, 6) is 0.567. The molecule has 1 saturated heterocycles. The molecule has 1 rings (SSSR count). The van der Waals surface area contributed by atoms with Gasteiger partial charge in [-0.25, -0.2) is 0 Å². The van der Waals surface area contributed by atoms with Crippen molar-refractivity contribution in [2.45, 2.75) is 108 Å². The van der Waals surface area contributed by atoms with Gasteiger partial charge in [-0.2, -0.15) is 0 Å². The van der Waals surface area contributed by atoms with E-state index in [1.807, 2.05) is 0 Å². The van der Waals surface area contributed by atoms with Crippen molar-refractivity contribution in [2.24, 2.45) is 5.92 Å². The van der Waals surface area contributed by atoms with Gasteiger partial charge in [0, 0.05) is 18.8 Å². The van der Waals surface area contributed by atoms with E-state index in [2.05, 4.69) is 76.4 Å². The third kappa shape index (κ3) is 6.57. The van der Waals surface area contributed by atoms with Crippen LogP contribution >= 0.6 is 15.9 Å². The molecule has 1 heterocycles. The van der Waals surface area contributed by atoms with Gasteiger partial charge in [0.15, 0.2) is 14.6 Å². The van der Waals surface area contributed by atoms with E-state index < -0.39 is 16.4 Å². The lowest BCUT2D eigenvalue weighted by atomic mass is 10.0. The largest absolute Gasteiger partial charge is 0.392 e. The molecule has 1 aliphatic heterocycles. The maximum Gasteiger partial charge on any atom is 0.195 e. The summed E-state index contributed by atoms with van der Waals surface area (Å²) in [4.78, 5) is 0.463. The lowest BCUT2D eigenvalue weighted by Crippen LogP contribution is -2.46. The van der Waals surface area contributed by atoms with Gasteiger partial charge < -0.3 is 9.16 Å². The monoisotopic (exact) mass is 422 g/mol. The molecule has 0 bridgehead atoms. The van der Waals surface area contributed by atoms with E-state index in [0.29, 0.717) is 16.8 Å². The average Bonchev–Trinajstić information content (AvgIpc) is 2.68. The van der Waals surface area contributed by atoms with Gasteiger partial charge >= 0.3 is 0 Å². The van der Waals surface area contributed by atoms with Gasteiger partial charge in [-0.1, -0.05) is 69.7 Å². The van der Waals surface area contributed by atoms with Crippen LogP contribution in [0.15, 0.2) is 0 Å². The van der Waals surface area contributed by atoms with Crippen LogP contribution in [0.4, 0.5) is 0 Å². The maximum atomic E-state index is 6.70. The van der Waals surface area contributed by atoms with Crippen LogP contribution in [0.5, 0.6) is 0 Å². The number of rotatable bonds is 7. The molecule has 0 aromatic heterocycles. The number of halogens is 1. The topological polar surface area (TPSA) is 18.5 Å². The first-order valence-electron chi connectivity index (χ1n) is 9.24. The van der Waals surface area contributed by atoms with E-state index in [1.54, 1.807) is 0 Å². The van der Waals surface area contributed by atoms with Crippen molar-refractivity contribution in [3.05, 3.63) is 0 Å². The number of ether oxygens (including phenoxy) is 1. The Morgan fingerprint density at radius 1 is 1.17 bits per heavy atom. The Bertz CT molecular complexity index is 374. The number of hydrogen-bond donors (Lipinski definition) is 0. The van der Waals surface area contributed by atoms with Crippen LogP contribution in [0.1, 0.15) is 47.0 Å². The Morgan fingerprint density at radius 3 is 2.17 bits per heavy atom. The van der Waals surface area contributed by atoms with Crippen LogP contribution in [-0.2, 0) is 9.16 Å². The van der Waals surface area contributed by atoms with E-state index in [1.165, 1.54) is 18.9 Å². The fraction of sp³-hybridized carbons (Fsp3) is 1.00. The molecule has 23 heavy (non-hydrogen) atoms.